The first-order chi connectivity index (χ1) is 15.0. The number of hydrogen-bond acceptors (Lipinski definition) is 5. The van der Waals surface area contributed by atoms with Gasteiger partial charge in [0.1, 0.15) is 23.6 Å². The molecule has 0 saturated carbocycles. The van der Waals surface area contributed by atoms with Crippen LogP contribution in [-0.2, 0) is 16.1 Å². The van der Waals surface area contributed by atoms with Crippen molar-refractivity contribution in [1.82, 2.24) is 10.2 Å². The molecule has 2 aliphatic rings. The highest BCUT2D eigenvalue weighted by Crippen LogP contribution is 2.36. The molecule has 0 radical (unpaired) electrons. The number of benzene rings is 2. The van der Waals surface area contributed by atoms with Gasteiger partial charge in [0.25, 0.3) is 5.91 Å². The lowest BCUT2D eigenvalue weighted by molar-refractivity contribution is -0.122. The molecule has 2 amide bonds. The predicted octanol–water partition coefficient (Wildman–Crippen LogP) is 3.05. The van der Waals surface area contributed by atoms with Crippen LogP contribution in [0, 0.1) is 0 Å². The molecular weight excluding hydrogens is 420 g/mol. The van der Waals surface area contributed by atoms with E-state index in [9.17, 15) is 9.59 Å². The van der Waals surface area contributed by atoms with E-state index in [1.807, 2.05) is 24.3 Å². The fourth-order valence-electron chi connectivity index (χ4n) is 3.92. The van der Waals surface area contributed by atoms with Gasteiger partial charge in [0.05, 0.1) is 32.4 Å². The molecule has 164 valence electrons. The van der Waals surface area contributed by atoms with Crippen LogP contribution in [0.15, 0.2) is 42.5 Å². The molecule has 7 nitrogen and oxygen atoms in total. The van der Waals surface area contributed by atoms with Crippen molar-refractivity contribution in [1.29, 1.82) is 0 Å². The number of hydrogen-bond donors (Lipinski definition) is 1. The van der Waals surface area contributed by atoms with Gasteiger partial charge in [0.15, 0.2) is 0 Å². The van der Waals surface area contributed by atoms with Gasteiger partial charge in [-0.2, -0.15) is 0 Å². The maximum Gasteiger partial charge on any atom is 0.258 e. The van der Waals surface area contributed by atoms with Crippen LogP contribution in [0.4, 0.5) is 0 Å². The van der Waals surface area contributed by atoms with Crippen LogP contribution in [-0.4, -0.2) is 55.7 Å². The second kappa shape index (κ2) is 9.16. The van der Waals surface area contributed by atoms with Crippen LogP contribution >= 0.6 is 11.6 Å². The molecular formula is C23H25ClN2O5. The number of carbonyl (C=O) groups excluding carboxylic acids is 2. The highest BCUT2D eigenvalue weighted by Gasteiger charge is 2.42. The molecule has 2 heterocycles. The Labute approximate surface area is 186 Å². The van der Waals surface area contributed by atoms with Gasteiger partial charge in [-0.15, -0.1) is 0 Å². The maximum atomic E-state index is 13.3. The van der Waals surface area contributed by atoms with Crippen molar-refractivity contribution in [2.45, 2.75) is 25.0 Å². The molecule has 1 spiro atoms. The molecule has 0 aliphatic carbocycles. The van der Waals surface area contributed by atoms with E-state index in [0.717, 1.165) is 11.3 Å². The third-order valence-electron chi connectivity index (χ3n) is 5.65. The Morgan fingerprint density at radius 3 is 2.65 bits per heavy atom. The molecule has 2 aromatic carbocycles. The summed E-state index contributed by atoms with van der Waals surface area (Å²) in [6.07, 6.45) is 1.29. The summed E-state index contributed by atoms with van der Waals surface area (Å²) in [4.78, 5) is 27.5. The van der Waals surface area contributed by atoms with Crippen LogP contribution in [0.1, 0.15) is 28.8 Å². The summed E-state index contributed by atoms with van der Waals surface area (Å²) in [5.41, 5.74) is 0.736. The Hall–Kier alpha value is -2.77. The van der Waals surface area contributed by atoms with Gasteiger partial charge in [0.2, 0.25) is 5.91 Å². The van der Waals surface area contributed by atoms with Gasteiger partial charge in [-0.3, -0.25) is 9.59 Å². The lowest BCUT2D eigenvalue weighted by Crippen LogP contribution is -2.52. The summed E-state index contributed by atoms with van der Waals surface area (Å²) < 4.78 is 17.0. The Morgan fingerprint density at radius 1 is 1.19 bits per heavy atom. The summed E-state index contributed by atoms with van der Waals surface area (Å²) in [5, 5.41) is 3.33. The summed E-state index contributed by atoms with van der Waals surface area (Å²) in [6.45, 7) is 1.72. The van der Waals surface area contributed by atoms with Crippen molar-refractivity contribution in [3.63, 3.8) is 0 Å². The van der Waals surface area contributed by atoms with Crippen LogP contribution in [0.5, 0.6) is 11.5 Å². The number of amides is 2. The standard InChI is InChI=1S/C23H25ClN2O5/c1-29-18-5-2-16(3-6-18)13-25-21(27)14-26-15-23(8-10-30-11-9-23)31-20-7-4-17(24)12-19(20)22(26)28/h2-7,12H,8-11,13-15H2,1H3,(H,25,27). The number of fused-ring (bicyclic) bond motifs is 1. The molecule has 31 heavy (non-hydrogen) atoms. The average molecular weight is 445 g/mol. The molecule has 0 unspecified atom stereocenters. The van der Waals surface area contributed by atoms with E-state index in [-0.39, 0.29) is 18.4 Å². The van der Waals surface area contributed by atoms with Gasteiger partial charge < -0.3 is 24.4 Å². The van der Waals surface area contributed by atoms with E-state index in [2.05, 4.69) is 5.32 Å². The largest absolute Gasteiger partial charge is 0.497 e. The first-order valence-electron chi connectivity index (χ1n) is 10.2. The summed E-state index contributed by atoms with van der Waals surface area (Å²) in [6, 6.07) is 12.5. The van der Waals surface area contributed by atoms with Gasteiger partial charge in [-0.1, -0.05) is 23.7 Å². The average Bonchev–Trinajstić information content (AvgIpc) is 2.88. The van der Waals surface area contributed by atoms with E-state index in [4.69, 9.17) is 25.8 Å². The Bertz CT molecular complexity index is 957. The summed E-state index contributed by atoms with van der Waals surface area (Å²) in [5.74, 6) is 0.749. The summed E-state index contributed by atoms with van der Waals surface area (Å²) >= 11 is 6.13. The van der Waals surface area contributed by atoms with Crippen molar-refractivity contribution in [3.8, 4) is 11.5 Å². The van der Waals surface area contributed by atoms with Crippen LogP contribution < -0.4 is 14.8 Å². The van der Waals surface area contributed by atoms with E-state index in [0.29, 0.717) is 55.5 Å². The topological polar surface area (TPSA) is 77.1 Å². The Balaban J connectivity index is 1.49. The Kier molecular flexibility index (Phi) is 6.34. The first kappa shape index (κ1) is 21.5. The fraction of sp³-hybridized carbons (Fsp3) is 0.391. The van der Waals surface area contributed by atoms with Crippen LogP contribution in [0.25, 0.3) is 0 Å². The quantitative estimate of drug-likeness (QED) is 0.767. The number of rotatable bonds is 5. The molecule has 8 heteroatoms. The van der Waals surface area contributed by atoms with Gasteiger partial charge in [-0.25, -0.2) is 0 Å². The zero-order valence-corrected chi connectivity index (χ0v) is 18.1. The fourth-order valence-corrected chi connectivity index (χ4v) is 4.09. The number of methoxy groups -OCH3 is 1. The van der Waals surface area contributed by atoms with Gasteiger partial charge in [0, 0.05) is 24.4 Å². The molecule has 4 rings (SSSR count). The third kappa shape index (κ3) is 4.94. The number of ether oxygens (including phenoxy) is 3. The molecule has 0 atom stereocenters. The Morgan fingerprint density at radius 2 is 1.94 bits per heavy atom. The lowest BCUT2D eigenvalue weighted by atomic mass is 9.93. The van der Waals surface area contributed by atoms with Crippen molar-refractivity contribution in [3.05, 3.63) is 58.6 Å². The number of halogens is 1. The molecule has 0 bridgehead atoms. The highest BCUT2D eigenvalue weighted by atomic mass is 35.5. The monoisotopic (exact) mass is 444 g/mol. The van der Waals surface area contributed by atoms with E-state index in [1.54, 1.807) is 30.2 Å². The van der Waals surface area contributed by atoms with Crippen LogP contribution in [0.3, 0.4) is 0 Å². The minimum Gasteiger partial charge on any atom is -0.497 e. The van der Waals surface area contributed by atoms with Gasteiger partial charge >= 0.3 is 0 Å². The number of nitrogens with zero attached hydrogens (tertiary/aromatic N) is 1. The number of nitrogens with one attached hydrogen (secondary N) is 1. The second-order valence-corrected chi connectivity index (χ2v) is 8.26. The first-order valence-corrected chi connectivity index (χ1v) is 10.6. The maximum absolute atomic E-state index is 13.3. The minimum absolute atomic E-state index is 0.0626. The molecule has 2 aliphatic heterocycles. The molecule has 1 saturated heterocycles. The molecule has 2 aromatic rings. The zero-order valence-electron chi connectivity index (χ0n) is 17.4. The van der Waals surface area contributed by atoms with Crippen LogP contribution in [0.2, 0.25) is 5.02 Å². The van der Waals surface area contributed by atoms with Crippen molar-refractivity contribution in [2.24, 2.45) is 0 Å². The predicted molar refractivity (Wildman–Crippen MR) is 116 cm³/mol. The number of carbonyl (C=O) groups is 2. The van der Waals surface area contributed by atoms with E-state index < -0.39 is 5.60 Å². The van der Waals surface area contributed by atoms with Crippen molar-refractivity contribution < 1.29 is 23.8 Å². The highest BCUT2D eigenvalue weighted by molar-refractivity contribution is 6.31. The summed E-state index contributed by atoms with van der Waals surface area (Å²) in [7, 11) is 1.61. The third-order valence-corrected chi connectivity index (χ3v) is 5.89. The zero-order chi connectivity index (χ0) is 21.8. The van der Waals surface area contributed by atoms with Gasteiger partial charge in [-0.05, 0) is 35.9 Å². The molecule has 1 fully saturated rings. The minimum atomic E-state index is -0.580. The lowest BCUT2D eigenvalue weighted by Gasteiger charge is -2.38. The molecule has 1 N–H and O–H groups in total. The van der Waals surface area contributed by atoms with Crippen molar-refractivity contribution >= 4 is 23.4 Å². The van der Waals surface area contributed by atoms with E-state index >= 15 is 0 Å². The normalized spacial score (nSPS) is 17.5. The van der Waals surface area contributed by atoms with E-state index in [1.165, 1.54) is 0 Å². The van der Waals surface area contributed by atoms with Crippen molar-refractivity contribution in [2.75, 3.05) is 33.4 Å². The second-order valence-electron chi connectivity index (χ2n) is 7.82. The smallest absolute Gasteiger partial charge is 0.258 e. The molecule has 0 aromatic heterocycles. The SMILES string of the molecule is COc1ccc(CNC(=O)CN2CC3(CCOCC3)Oc3ccc(Cl)cc3C2=O)cc1.